The number of rotatable bonds is 42. The zero-order valence-corrected chi connectivity index (χ0v) is 69.9. The van der Waals surface area contributed by atoms with Gasteiger partial charge in [0.25, 0.3) is 0 Å². The molecule has 121 heavy (non-hydrogen) atoms. The molecule has 23 atom stereocenters. The Bertz CT molecular complexity index is 3790. The smallest absolute Gasteiger partial charge is 0.303 e. The topological polar surface area (TPSA) is 657 Å². The van der Waals surface area contributed by atoms with Gasteiger partial charge in [-0.2, -0.15) is 0 Å². The zero-order valence-electron chi connectivity index (χ0n) is 69.9. The van der Waals surface area contributed by atoms with E-state index in [9.17, 15) is 91.4 Å². The van der Waals surface area contributed by atoms with Crippen LogP contribution in [0, 0.1) is 5.92 Å². The summed E-state index contributed by atoms with van der Waals surface area (Å²) in [6.45, 7) is 13.9. The lowest BCUT2D eigenvalue weighted by molar-refractivity contribution is -0.334. The largest absolute Gasteiger partial charge is 0.481 e. The monoisotopic (exact) mass is 1730 g/mol. The number of nitrogens with one attached hydrogen (secondary N) is 10. The number of carboxylic acids is 1. The Labute approximate surface area is 693 Å². The fourth-order valence-corrected chi connectivity index (χ4v) is 13.2. The lowest BCUT2D eigenvalue weighted by Gasteiger charge is -2.50. The Hall–Kier alpha value is -11.4. The Kier molecular flexibility index (Phi) is 40.6. The molecule has 0 aromatic carbocycles. The second-order valence-corrected chi connectivity index (χ2v) is 29.1. The Morgan fingerprint density at radius 2 is 0.826 bits per heavy atom. The third-order valence-electron chi connectivity index (χ3n) is 18.2. The summed E-state index contributed by atoms with van der Waals surface area (Å²) in [7, 11) is 0. The average molecular weight is 1730 g/mol. The van der Waals surface area contributed by atoms with Gasteiger partial charge in [0.1, 0.15) is 98.6 Å². The number of nitrogens with zero attached hydrogens (tertiary/aromatic N) is 1. The first-order chi connectivity index (χ1) is 56.5. The molecule has 678 valence electrons. The van der Waals surface area contributed by atoms with Gasteiger partial charge in [0.05, 0.1) is 25.3 Å². The van der Waals surface area contributed by atoms with Crippen LogP contribution < -0.4 is 58.9 Å². The number of nitrogens with two attached hydrogens (primary N) is 1. The molecule has 48 heteroatoms. The summed E-state index contributed by atoms with van der Waals surface area (Å²) in [5, 5.41) is 33.7. The number of hydrogen-bond donors (Lipinski definition) is 12. The molecule has 4 rings (SSSR count). The zero-order chi connectivity index (χ0) is 91.3. The second kappa shape index (κ2) is 48.2. The van der Waals surface area contributed by atoms with Crippen molar-refractivity contribution in [3.8, 4) is 0 Å². The fraction of sp³-hybridized carbons (Fsp3) is 0.712. The minimum atomic E-state index is -2.34. The standard InChI is InChI=1S/C73H110N12O36/c1-29(2)23-46(82-66(103)45(78-33(6)86)20-21-53(100)101)67(104)77-30(3)65(102)83-55(32(5)112-71-56(79-34(7)87)62(116-43(16)96)59(113-40(13)93)48(118-71)26-108-37(10)90)70(107)84-54(69(106)76-25-52(99)85-22-18-19-47(85)68(105)75-24-51(74)98)31(4)111-72-58(81-36(9)89)64(61(115-42(15)95)50(119-72)28-110-39(12)92)121-73-57(80-35(8)88)63(117-44(17)97)60(114-41(14)94)49(120-73)27-109-38(11)91/h29-32,45-50,54-64,71-73H,18-28H2,1-17H3,(H2,74,98)(H,75,105)(H,76,106)(H,77,104)(H,78,86)(H,79,87)(H,80,88)(H,81,89)(H,82,103)(H,83,102)(H,84,107)(H,100,101)/t30-,31+,32+,45-,46-,47-,48+,49+,50+,54-,55-,56+,57+,58+,59-,60-,61-,62+,63+,64+,71-,72-,73+/m0/s1. The van der Waals surface area contributed by atoms with Gasteiger partial charge in [0, 0.05) is 96.1 Å². The van der Waals surface area contributed by atoms with Crippen molar-refractivity contribution in [1.29, 1.82) is 0 Å². The van der Waals surface area contributed by atoms with Crippen LogP contribution in [0.1, 0.15) is 150 Å². The Morgan fingerprint density at radius 3 is 1.23 bits per heavy atom. The molecule has 4 fully saturated rings. The molecule has 0 unspecified atom stereocenters. The lowest BCUT2D eigenvalue weighted by Crippen LogP contribution is -2.71. The quantitative estimate of drug-likeness (QED) is 0.0200. The average Bonchev–Trinajstić information content (AvgIpc) is 1.77. The molecular weight excluding hydrogens is 1620 g/mol. The van der Waals surface area contributed by atoms with Crippen molar-refractivity contribution in [2.45, 2.75) is 290 Å². The first-order valence-corrected chi connectivity index (χ1v) is 38.3. The van der Waals surface area contributed by atoms with E-state index in [4.69, 9.17) is 72.0 Å². The predicted octanol–water partition coefficient (Wildman–Crippen LogP) is -6.70. The van der Waals surface area contributed by atoms with E-state index in [0.29, 0.717) is 0 Å². The first-order valence-electron chi connectivity index (χ1n) is 38.3. The molecule has 0 aromatic rings. The van der Waals surface area contributed by atoms with E-state index in [0.717, 1.165) is 109 Å². The van der Waals surface area contributed by atoms with Crippen LogP contribution in [0.4, 0.5) is 0 Å². The summed E-state index contributed by atoms with van der Waals surface area (Å²) < 4.78 is 82.7. The number of ether oxygens (including phenoxy) is 14. The molecule has 4 heterocycles. The van der Waals surface area contributed by atoms with Crippen molar-refractivity contribution in [1.82, 2.24) is 58.1 Å². The van der Waals surface area contributed by atoms with E-state index in [2.05, 4.69) is 53.2 Å². The van der Waals surface area contributed by atoms with Gasteiger partial charge in [-0.05, 0) is 52.4 Å². The second-order valence-electron chi connectivity index (χ2n) is 29.1. The minimum absolute atomic E-state index is 0.0478. The van der Waals surface area contributed by atoms with Gasteiger partial charge in [-0.1, -0.05) is 13.8 Å². The Morgan fingerprint density at radius 1 is 0.430 bits per heavy atom. The van der Waals surface area contributed by atoms with Gasteiger partial charge in [0.15, 0.2) is 49.4 Å². The SMILES string of the molecule is CC(=O)N[C@H]1[C@@H](O[C@@H]2[C@@H](NC(C)=O)[C@@H](O[C@H](C)[C@H](NC(=O)[C@@H](NC(=O)[C@H](C)NC(=O)[C@H](CC(C)C)NC(=O)[C@H](CCC(=O)O)NC(C)=O)[C@@H](C)O[C@H]3O[C@H](COC(C)=O)[C@H](OC(C)=O)[C@H](OC(C)=O)[C@H]3NC(C)=O)C(=O)NCC(=O)N3CCC[C@H]3C(=O)NCC(N)=O)O[C@H](COC(C)=O)[C@@H]2OC(C)=O)O[C@H](COC(C)=O)[C@H](OC(C)=O)[C@@H]1OC(C)=O. The molecule has 0 aliphatic carbocycles. The molecule has 0 saturated carbocycles. The maximum Gasteiger partial charge on any atom is 0.303 e. The molecular formula is C73H110N12O36. The van der Waals surface area contributed by atoms with Crippen LogP contribution in [-0.2, 0) is 167 Å². The number of carboxylic acid groups (broad SMARTS) is 1. The van der Waals surface area contributed by atoms with Crippen LogP contribution in [0.25, 0.3) is 0 Å². The molecule has 12 amide bonds. The maximum atomic E-state index is 16.0. The molecule has 4 saturated heterocycles. The molecule has 4 aliphatic heterocycles. The summed E-state index contributed by atoms with van der Waals surface area (Å²) in [5.74, 6) is -22.4. The van der Waals surface area contributed by atoms with Gasteiger partial charge >= 0.3 is 53.7 Å². The maximum absolute atomic E-state index is 16.0. The molecule has 0 radical (unpaired) electrons. The summed E-state index contributed by atoms with van der Waals surface area (Å²) in [4.78, 5) is 281. The molecule has 0 aromatic heterocycles. The lowest BCUT2D eigenvalue weighted by atomic mass is 9.93. The van der Waals surface area contributed by atoms with Gasteiger partial charge in [-0.3, -0.25) is 101 Å². The van der Waals surface area contributed by atoms with Crippen LogP contribution in [0.15, 0.2) is 0 Å². The van der Waals surface area contributed by atoms with Crippen molar-refractivity contribution >= 4 is 125 Å². The van der Waals surface area contributed by atoms with E-state index in [1.807, 2.05) is 0 Å². The van der Waals surface area contributed by atoms with Crippen molar-refractivity contribution in [2.75, 3.05) is 39.5 Å². The van der Waals surface area contributed by atoms with Crippen LogP contribution in [0.3, 0.4) is 0 Å². The van der Waals surface area contributed by atoms with E-state index < -0.39 is 317 Å². The third-order valence-corrected chi connectivity index (χ3v) is 18.2. The summed E-state index contributed by atoms with van der Waals surface area (Å²) in [6, 6.07) is -16.3. The minimum Gasteiger partial charge on any atom is -0.481 e. The third kappa shape index (κ3) is 33.3. The van der Waals surface area contributed by atoms with E-state index in [1.165, 1.54) is 0 Å². The number of aliphatic carboxylic acids is 1. The molecule has 48 nitrogen and oxygen atoms in total. The first kappa shape index (κ1) is 102. The van der Waals surface area contributed by atoms with Gasteiger partial charge in [0.2, 0.25) is 70.9 Å². The number of hydrogen-bond acceptors (Lipinski definition) is 35. The Balaban J connectivity index is 2.09. The van der Waals surface area contributed by atoms with E-state index in [-0.39, 0.29) is 25.8 Å². The van der Waals surface area contributed by atoms with E-state index >= 15 is 14.4 Å². The highest BCUT2D eigenvalue weighted by Gasteiger charge is 2.58. The van der Waals surface area contributed by atoms with Gasteiger partial charge < -0.3 is 135 Å². The number of likely N-dealkylation sites (tertiary alicyclic amines) is 1. The summed E-state index contributed by atoms with van der Waals surface area (Å²) in [5.41, 5.74) is 5.26. The van der Waals surface area contributed by atoms with Crippen LogP contribution >= 0.6 is 0 Å². The summed E-state index contributed by atoms with van der Waals surface area (Å²) in [6.07, 6.45) is -27.7. The molecule has 4 aliphatic rings. The van der Waals surface area contributed by atoms with Crippen molar-refractivity contribution < 1.29 is 172 Å². The number of carbonyl (C=O) groups excluding carboxylic acids is 20. The van der Waals surface area contributed by atoms with Gasteiger partial charge in [-0.15, -0.1) is 0 Å². The number of esters is 8. The molecule has 13 N–H and O–H groups in total. The fourth-order valence-electron chi connectivity index (χ4n) is 13.2. The number of carbonyl (C=O) groups is 21. The van der Waals surface area contributed by atoms with Crippen molar-refractivity contribution in [3.05, 3.63) is 0 Å². The van der Waals surface area contributed by atoms with Crippen LogP contribution in [0.2, 0.25) is 0 Å². The highest BCUT2D eigenvalue weighted by atomic mass is 16.8. The predicted molar refractivity (Wildman–Crippen MR) is 400 cm³/mol. The summed E-state index contributed by atoms with van der Waals surface area (Å²) >= 11 is 0. The van der Waals surface area contributed by atoms with Gasteiger partial charge in [-0.25, -0.2) is 0 Å². The highest BCUT2D eigenvalue weighted by molar-refractivity contribution is 5.98. The number of primary amides is 1. The van der Waals surface area contributed by atoms with Crippen molar-refractivity contribution in [2.24, 2.45) is 11.7 Å². The highest BCUT2D eigenvalue weighted by Crippen LogP contribution is 2.36. The molecule has 0 bridgehead atoms. The van der Waals surface area contributed by atoms with E-state index in [1.54, 1.807) is 13.8 Å². The van der Waals surface area contributed by atoms with Crippen molar-refractivity contribution in [3.63, 3.8) is 0 Å². The molecule has 0 spiro atoms. The number of amides is 12. The van der Waals surface area contributed by atoms with Crippen LogP contribution in [0.5, 0.6) is 0 Å². The normalized spacial score (nSPS) is 25.3. The van der Waals surface area contributed by atoms with Crippen LogP contribution in [-0.4, -0.2) is 314 Å².